The van der Waals surface area contributed by atoms with Crippen molar-refractivity contribution in [2.45, 2.75) is 25.8 Å². The summed E-state index contributed by atoms with van der Waals surface area (Å²) in [5.74, 6) is 1.51. The fourth-order valence-electron chi connectivity index (χ4n) is 2.50. The van der Waals surface area contributed by atoms with E-state index in [1.54, 1.807) is 7.11 Å². The lowest BCUT2D eigenvalue weighted by Gasteiger charge is -2.16. The standard InChI is InChI=1S/C15H23BrN2O2/c1-19-14-10-12(11-17)9-13(16)15(14)20-8-4-7-18-5-2-3-6-18/h9-10H,2-8,11,17H2,1H3. The number of nitrogens with zero attached hydrogens (tertiary/aromatic N) is 1. The minimum Gasteiger partial charge on any atom is -0.493 e. The molecule has 20 heavy (non-hydrogen) atoms. The highest BCUT2D eigenvalue weighted by atomic mass is 79.9. The molecule has 5 heteroatoms. The van der Waals surface area contributed by atoms with Crippen molar-refractivity contribution in [3.05, 3.63) is 22.2 Å². The first-order valence-electron chi connectivity index (χ1n) is 7.16. The Balaban J connectivity index is 1.87. The van der Waals surface area contributed by atoms with E-state index in [1.807, 2.05) is 12.1 Å². The summed E-state index contributed by atoms with van der Waals surface area (Å²) >= 11 is 3.53. The molecule has 1 aliphatic heterocycles. The van der Waals surface area contributed by atoms with Crippen molar-refractivity contribution in [3.63, 3.8) is 0 Å². The first-order valence-corrected chi connectivity index (χ1v) is 7.95. The lowest BCUT2D eigenvalue weighted by molar-refractivity contribution is 0.253. The average Bonchev–Trinajstić information content (AvgIpc) is 2.97. The molecule has 0 amide bonds. The zero-order chi connectivity index (χ0) is 14.4. The number of halogens is 1. The van der Waals surface area contributed by atoms with Gasteiger partial charge in [0.1, 0.15) is 0 Å². The number of hydrogen-bond acceptors (Lipinski definition) is 4. The minimum atomic E-state index is 0.490. The summed E-state index contributed by atoms with van der Waals surface area (Å²) in [7, 11) is 1.65. The van der Waals surface area contributed by atoms with Gasteiger partial charge in [0.05, 0.1) is 18.2 Å². The van der Waals surface area contributed by atoms with Gasteiger partial charge in [0, 0.05) is 13.1 Å². The van der Waals surface area contributed by atoms with Gasteiger partial charge in [0.2, 0.25) is 0 Å². The van der Waals surface area contributed by atoms with Crippen LogP contribution in [-0.2, 0) is 6.54 Å². The smallest absolute Gasteiger partial charge is 0.175 e. The Bertz CT molecular complexity index is 434. The molecule has 0 atom stereocenters. The molecule has 0 bridgehead atoms. The Morgan fingerprint density at radius 2 is 2.05 bits per heavy atom. The molecular weight excluding hydrogens is 320 g/mol. The zero-order valence-electron chi connectivity index (χ0n) is 12.0. The van der Waals surface area contributed by atoms with E-state index in [4.69, 9.17) is 15.2 Å². The van der Waals surface area contributed by atoms with Crippen LogP contribution in [0.25, 0.3) is 0 Å². The highest BCUT2D eigenvalue weighted by Gasteiger charge is 2.13. The lowest BCUT2D eigenvalue weighted by atomic mass is 10.2. The second-order valence-electron chi connectivity index (χ2n) is 5.06. The first-order chi connectivity index (χ1) is 9.74. The predicted octanol–water partition coefficient (Wildman–Crippen LogP) is 2.78. The third kappa shape index (κ3) is 4.11. The molecule has 0 radical (unpaired) electrons. The van der Waals surface area contributed by atoms with Crippen LogP contribution in [0.1, 0.15) is 24.8 Å². The van der Waals surface area contributed by atoms with E-state index in [0.717, 1.165) is 34.5 Å². The minimum absolute atomic E-state index is 0.490. The topological polar surface area (TPSA) is 47.7 Å². The molecule has 0 spiro atoms. The highest BCUT2D eigenvalue weighted by Crippen LogP contribution is 2.36. The van der Waals surface area contributed by atoms with Crippen LogP contribution in [0, 0.1) is 0 Å². The highest BCUT2D eigenvalue weighted by molar-refractivity contribution is 9.10. The zero-order valence-corrected chi connectivity index (χ0v) is 13.6. The molecule has 1 aliphatic rings. The number of hydrogen-bond donors (Lipinski definition) is 1. The van der Waals surface area contributed by atoms with Gasteiger partial charge < -0.3 is 20.1 Å². The number of likely N-dealkylation sites (tertiary alicyclic amines) is 1. The Hall–Kier alpha value is -0.780. The largest absolute Gasteiger partial charge is 0.493 e. The average molecular weight is 343 g/mol. The van der Waals surface area contributed by atoms with Crippen LogP contribution in [0.4, 0.5) is 0 Å². The normalized spacial score (nSPS) is 15.6. The first kappa shape index (κ1) is 15.6. The maximum atomic E-state index is 5.88. The van der Waals surface area contributed by atoms with E-state index in [0.29, 0.717) is 13.2 Å². The fourth-order valence-corrected chi connectivity index (χ4v) is 3.10. The van der Waals surface area contributed by atoms with Crippen molar-refractivity contribution in [1.82, 2.24) is 4.90 Å². The van der Waals surface area contributed by atoms with Crippen molar-refractivity contribution < 1.29 is 9.47 Å². The fraction of sp³-hybridized carbons (Fsp3) is 0.600. The van der Waals surface area contributed by atoms with Gasteiger partial charge in [-0.15, -0.1) is 0 Å². The summed E-state index contributed by atoms with van der Waals surface area (Å²) in [4.78, 5) is 2.49. The molecular formula is C15H23BrN2O2. The molecule has 4 nitrogen and oxygen atoms in total. The molecule has 0 aliphatic carbocycles. The lowest BCUT2D eigenvalue weighted by Crippen LogP contribution is -2.22. The summed E-state index contributed by atoms with van der Waals surface area (Å²) in [5.41, 5.74) is 6.69. The molecule has 2 N–H and O–H groups in total. The number of benzene rings is 1. The molecule has 1 aromatic carbocycles. The molecule has 112 valence electrons. The molecule has 1 fully saturated rings. The Kier molecular flexibility index (Phi) is 6.13. The Morgan fingerprint density at radius 3 is 2.70 bits per heavy atom. The quantitative estimate of drug-likeness (QED) is 0.774. The number of methoxy groups -OCH3 is 1. The van der Waals surface area contributed by atoms with Crippen molar-refractivity contribution in [3.8, 4) is 11.5 Å². The van der Waals surface area contributed by atoms with E-state index < -0.39 is 0 Å². The summed E-state index contributed by atoms with van der Waals surface area (Å²) in [5, 5.41) is 0. The van der Waals surface area contributed by atoms with Gasteiger partial charge in [-0.25, -0.2) is 0 Å². The van der Waals surface area contributed by atoms with Crippen LogP contribution in [0.2, 0.25) is 0 Å². The molecule has 0 saturated carbocycles. The van der Waals surface area contributed by atoms with Crippen LogP contribution >= 0.6 is 15.9 Å². The number of nitrogens with two attached hydrogens (primary N) is 1. The Labute approximate surface area is 129 Å². The van der Waals surface area contributed by atoms with E-state index in [9.17, 15) is 0 Å². The van der Waals surface area contributed by atoms with Gasteiger partial charge in [0.25, 0.3) is 0 Å². The van der Waals surface area contributed by atoms with Crippen LogP contribution < -0.4 is 15.2 Å². The van der Waals surface area contributed by atoms with Crippen molar-refractivity contribution >= 4 is 15.9 Å². The number of rotatable bonds is 7. The van der Waals surface area contributed by atoms with Crippen molar-refractivity contribution in [1.29, 1.82) is 0 Å². The van der Waals surface area contributed by atoms with Gasteiger partial charge in [0.15, 0.2) is 11.5 Å². The third-order valence-electron chi connectivity index (χ3n) is 3.59. The summed E-state index contributed by atoms with van der Waals surface area (Å²) in [6.45, 7) is 4.77. The Morgan fingerprint density at radius 1 is 1.30 bits per heavy atom. The summed E-state index contributed by atoms with van der Waals surface area (Å²) in [6.07, 6.45) is 3.70. The van der Waals surface area contributed by atoms with E-state index in [1.165, 1.54) is 25.9 Å². The van der Waals surface area contributed by atoms with Crippen LogP contribution in [0.3, 0.4) is 0 Å². The molecule has 1 aromatic rings. The SMILES string of the molecule is COc1cc(CN)cc(Br)c1OCCCN1CCCC1. The maximum absolute atomic E-state index is 5.88. The third-order valence-corrected chi connectivity index (χ3v) is 4.18. The van der Waals surface area contributed by atoms with Crippen molar-refractivity contribution in [2.24, 2.45) is 5.73 Å². The van der Waals surface area contributed by atoms with Crippen LogP contribution in [0.15, 0.2) is 16.6 Å². The monoisotopic (exact) mass is 342 g/mol. The molecule has 2 rings (SSSR count). The van der Waals surface area contributed by atoms with E-state index in [2.05, 4.69) is 20.8 Å². The van der Waals surface area contributed by atoms with Gasteiger partial charge in [-0.3, -0.25) is 0 Å². The predicted molar refractivity (Wildman–Crippen MR) is 84.4 cm³/mol. The van der Waals surface area contributed by atoms with Crippen molar-refractivity contribution in [2.75, 3.05) is 33.4 Å². The second-order valence-corrected chi connectivity index (χ2v) is 5.92. The summed E-state index contributed by atoms with van der Waals surface area (Å²) in [6, 6.07) is 3.92. The second kappa shape index (κ2) is 7.86. The molecule has 1 heterocycles. The van der Waals surface area contributed by atoms with E-state index in [-0.39, 0.29) is 0 Å². The van der Waals surface area contributed by atoms with Crippen LogP contribution in [-0.4, -0.2) is 38.3 Å². The van der Waals surface area contributed by atoms with Gasteiger partial charge in [-0.05, 0) is 66.0 Å². The van der Waals surface area contributed by atoms with Gasteiger partial charge >= 0.3 is 0 Å². The summed E-state index contributed by atoms with van der Waals surface area (Å²) < 4.78 is 12.2. The van der Waals surface area contributed by atoms with E-state index >= 15 is 0 Å². The molecule has 1 saturated heterocycles. The maximum Gasteiger partial charge on any atom is 0.175 e. The van der Waals surface area contributed by atoms with Crippen LogP contribution in [0.5, 0.6) is 11.5 Å². The molecule has 0 unspecified atom stereocenters. The van der Waals surface area contributed by atoms with Gasteiger partial charge in [-0.2, -0.15) is 0 Å². The molecule has 0 aromatic heterocycles. The van der Waals surface area contributed by atoms with Gasteiger partial charge in [-0.1, -0.05) is 0 Å². The number of ether oxygens (including phenoxy) is 2.